The van der Waals surface area contributed by atoms with Crippen LogP contribution in [0.1, 0.15) is 55.6 Å². The van der Waals surface area contributed by atoms with Crippen LogP contribution in [0.3, 0.4) is 0 Å². The number of aromatic amines is 1. The number of nitrogens with one attached hydrogen (secondary N) is 1. The summed E-state index contributed by atoms with van der Waals surface area (Å²) in [6.45, 7) is 5.08. The van der Waals surface area contributed by atoms with E-state index in [1.807, 2.05) is 11.4 Å². The van der Waals surface area contributed by atoms with Crippen molar-refractivity contribution in [3.05, 3.63) is 50.9 Å². The second kappa shape index (κ2) is 6.82. The molecule has 1 unspecified atom stereocenters. The highest BCUT2D eigenvalue weighted by Gasteiger charge is 2.45. The Bertz CT molecular complexity index is 1180. The second-order valence-corrected chi connectivity index (χ2v) is 9.72. The van der Waals surface area contributed by atoms with Crippen LogP contribution in [0.4, 0.5) is 0 Å². The number of nitrogens with zero attached hydrogens (tertiary/aromatic N) is 2. The first-order valence-corrected chi connectivity index (χ1v) is 11.7. The molecule has 6 nitrogen and oxygen atoms in total. The number of rotatable bonds is 2. The summed E-state index contributed by atoms with van der Waals surface area (Å²) >= 11 is 1.44. The molecule has 3 aliphatic rings. The first-order valence-electron chi connectivity index (χ1n) is 10.8. The SMILES string of the molecule is CC1c2cc3c(cc2C2(CCCC2)CN1Cc1nc2ccsc2c(=O)[nH]1)OCCO3. The number of H-pyrrole nitrogens is 1. The van der Waals surface area contributed by atoms with E-state index in [0.717, 1.165) is 29.4 Å². The lowest BCUT2D eigenvalue weighted by Gasteiger charge is -2.46. The van der Waals surface area contributed by atoms with Crippen molar-refractivity contribution in [3.63, 3.8) is 0 Å². The van der Waals surface area contributed by atoms with Gasteiger partial charge < -0.3 is 14.5 Å². The van der Waals surface area contributed by atoms with Gasteiger partial charge in [0.15, 0.2) is 11.5 Å². The Hall–Kier alpha value is -2.38. The first-order chi connectivity index (χ1) is 14.6. The third-order valence-electron chi connectivity index (χ3n) is 7.07. The molecular weight excluding hydrogens is 398 g/mol. The molecule has 1 saturated carbocycles. The van der Waals surface area contributed by atoms with E-state index in [9.17, 15) is 4.79 Å². The van der Waals surface area contributed by atoms with Gasteiger partial charge in [0.2, 0.25) is 0 Å². The number of fused-ring (bicyclic) bond motifs is 4. The average molecular weight is 424 g/mol. The van der Waals surface area contributed by atoms with Crippen molar-refractivity contribution < 1.29 is 9.47 Å². The molecule has 1 fully saturated rings. The highest BCUT2D eigenvalue weighted by Crippen LogP contribution is 2.52. The summed E-state index contributed by atoms with van der Waals surface area (Å²) in [5.74, 6) is 2.49. The van der Waals surface area contributed by atoms with E-state index in [2.05, 4.69) is 28.9 Å². The molecule has 2 aliphatic heterocycles. The highest BCUT2D eigenvalue weighted by atomic mass is 32.1. The van der Waals surface area contributed by atoms with E-state index in [-0.39, 0.29) is 17.0 Å². The smallest absolute Gasteiger partial charge is 0.268 e. The monoisotopic (exact) mass is 423 g/mol. The minimum absolute atomic E-state index is 0.0368. The fraction of sp³-hybridized carbons (Fsp3) is 0.478. The Morgan fingerprint density at radius 1 is 1.23 bits per heavy atom. The number of hydrogen-bond donors (Lipinski definition) is 1. The molecule has 1 N–H and O–H groups in total. The summed E-state index contributed by atoms with van der Waals surface area (Å²) in [6, 6.07) is 6.58. The standard InChI is InChI=1S/C23H25N3O3S/c1-14-15-10-18-19(29-8-7-28-18)11-16(15)23(5-2-3-6-23)13-26(14)12-20-24-17-4-9-30-21(17)22(27)25-20/h4,9-11,14H,2-3,5-8,12-13H2,1H3,(H,24,25,27). The van der Waals surface area contributed by atoms with Crippen LogP contribution in [0, 0.1) is 0 Å². The Balaban J connectivity index is 1.41. The van der Waals surface area contributed by atoms with Crippen LogP contribution >= 0.6 is 11.3 Å². The van der Waals surface area contributed by atoms with Crippen LogP contribution in [-0.2, 0) is 12.0 Å². The number of aromatic nitrogens is 2. The molecule has 1 aliphatic carbocycles. The van der Waals surface area contributed by atoms with E-state index in [1.165, 1.54) is 48.1 Å². The van der Waals surface area contributed by atoms with E-state index in [1.54, 1.807) is 0 Å². The summed E-state index contributed by atoms with van der Waals surface area (Å²) < 4.78 is 12.5. The van der Waals surface area contributed by atoms with Crippen LogP contribution < -0.4 is 15.0 Å². The molecule has 7 heteroatoms. The number of hydrogen-bond acceptors (Lipinski definition) is 6. The van der Waals surface area contributed by atoms with Gasteiger partial charge in [-0.1, -0.05) is 12.8 Å². The lowest BCUT2D eigenvalue weighted by atomic mass is 9.71. The molecule has 0 bridgehead atoms. The van der Waals surface area contributed by atoms with Crippen molar-refractivity contribution in [2.75, 3.05) is 19.8 Å². The summed E-state index contributed by atoms with van der Waals surface area (Å²) in [5.41, 5.74) is 3.66. The summed E-state index contributed by atoms with van der Waals surface area (Å²) in [7, 11) is 0. The summed E-state index contributed by atoms with van der Waals surface area (Å²) in [4.78, 5) is 22.7. The molecule has 0 saturated heterocycles. The molecule has 4 heterocycles. The first kappa shape index (κ1) is 18.4. The van der Waals surface area contributed by atoms with Crippen molar-refractivity contribution in [2.45, 2.75) is 50.6 Å². The van der Waals surface area contributed by atoms with Gasteiger partial charge in [-0.2, -0.15) is 0 Å². The molecule has 1 atom stereocenters. The van der Waals surface area contributed by atoms with E-state index >= 15 is 0 Å². The summed E-state index contributed by atoms with van der Waals surface area (Å²) in [5, 5.41) is 1.93. The third kappa shape index (κ3) is 2.79. The predicted molar refractivity (Wildman–Crippen MR) is 117 cm³/mol. The lowest BCUT2D eigenvalue weighted by molar-refractivity contribution is 0.122. The van der Waals surface area contributed by atoms with Crippen molar-refractivity contribution in [1.82, 2.24) is 14.9 Å². The molecule has 0 radical (unpaired) electrons. The maximum absolute atomic E-state index is 12.5. The molecule has 30 heavy (non-hydrogen) atoms. The van der Waals surface area contributed by atoms with Gasteiger partial charge in [0.25, 0.3) is 5.56 Å². The van der Waals surface area contributed by atoms with Crippen molar-refractivity contribution in [1.29, 1.82) is 0 Å². The Morgan fingerprint density at radius 3 is 2.80 bits per heavy atom. The number of benzene rings is 1. The van der Waals surface area contributed by atoms with Crippen molar-refractivity contribution in [3.8, 4) is 11.5 Å². The average Bonchev–Trinajstić information content (AvgIpc) is 3.41. The van der Waals surface area contributed by atoms with Gasteiger partial charge >= 0.3 is 0 Å². The van der Waals surface area contributed by atoms with Gasteiger partial charge in [-0.15, -0.1) is 11.3 Å². The van der Waals surface area contributed by atoms with Crippen molar-refractivity contribution >= 4 is 21.6 Å². The van der Waals surface area contributed by atoms with Gasteiger partial charge in [0.05, 0.1) is 12.1 Å². The van der Waals surface area contributed by atoms with Gasteiger partial charge in [-0.25, -0.2) is 4.98 Å². The maximum atomic E-state index is 12.5. The molecule has 6 rings (SSSR count). The topological polar surface area (TPSA) is 67.5 Å². The van der Waals surface area contributed by atoms with Gasteiger partial charge in [0, 0.05) is 18.0 Å². The van der Waals surface area contributed by atoms with Gasteiger partial charge in [-0.05, 0) is 54.5 Å². The third-order valence-corrected chi connectivity index (χ3v) is 7.97. The number of thiophene rings is 1. The zero-order valence-corrected chi connectivity index (χ0v) is 17.9. The normalized spacial score (nSPS) is 22.5. The minimum atomic E-state index is -0.0368. The summed E-state index contributed by atoms with van der Waals surface area (Å²) in [6.07, 6.45) is 4.89. The Morgan fingerprint density at radius 2 is 2.00 bits per heavy atom. The molecule has 0 amide bonds. The van der Waals surface area contributed by atoms with Gasteiger partial charge in [-0.3, -0.25) is 9.69 Å². The number of ether oxygens (including phenoxy) is 2. The molecule has 156 valence electrons. The largest absolute Gasteiger partial charge is 0.486 e. The molecule has 1 aromatic carbocycles. The fourth-order valence-electron chi connectivity index (χ4n) is 5.58. The van der Waals surface area contributed by atoms with Crippen LogP contribution in [0.15, 0.2) is 28.4 Å². The minimum Gasteiger partial charge on any atom is -0.486 e. The van der Waals surface area contributed by atoms with Crippen LogP contribution in [0.2, 0.25) is 0 Å². The van der Waals surface area contributed by atoms with Crippen LogP contribution in [0.5, 0.6) is 11.5 Å². The van der Waals surface area contributed by atoms with Crippen molar-refractivity contribution in [2.24, 2.45) is 0 Å². The molecular formula is C23H25N3O3S. The quantitative estimate of drug-likeness (QED) is 0.671. The predicted octanol–water partition coefficient (Wildman–Crippen LogP) is 4.14. The Kier molecular flexibility index (Phi) is 4.18. The zero-order chi connectivity index (χ0) is 20.3. The second-order valence-electron chi connectivity index (χ2n) is 8.80. The van der Waals surface area contributed by atoms with Crippen LogP contribution in [-0.4, -0.2) is 34.6 Å². The van der Waals surface area contributed by atoms with E-state index < -0.39 is 0 Å². The molecule has 2 aromatic heterocycles. The zero-order valence-electron chi connectivity index (χ0n) is 17.1. The Labute approximate surface area is 178 Å². The van der Waals surface area contributed by atoms with E-state index in [4.69, 9.17) is 14.5 Å². The highest BCUT2D eigenvalue weighted by molar-refractivity contribution is 7.17. The maximum Gasteiger partial charge on any atom is 0.268 e. The van der Waals surface area contributed by atoms with E-state index in [0.29, 0.717) is 24.5 Å². The fourth-order valence-corrected chi connectivity index (χ4v) is 6.30. The lowest BCUT2D eigenvalue weighted by Crippen LogP contribution is -2.46. The van der Waals surface area contributed by atoms with Crippen LogP contribution in [0.25, 0.3) is 10.2 Å². The molecule has 3 aromatic rings. The van der Waals surface area contributed by atoms with Gasteiger partial charge in [0.1, 0.15) is 23.7 Å². The molecule has 1 spiro atoms.